The molecule has 10 heteroatoms. The minimum atomic E-state index is -1.58. The van der Waals surface area contributed by atoms with Gasteiger partial charge in [-0.1, -0.05) is 12.5 Å². The predicted molar refractivity (Wildman–Crippen MR) is 87.8 cm³/mol. The zero-order valence-corrected chi connectivity index (χ0v) is 13.5. The van der Waals surface area contributed by atoms with Crippen molar-refractivity contribution in [2.75, 3.05) is 0 Å². The van der Waals surface area contributed by atoms with Crippen LogP contribution in [0.1, 0.15) is 18.8 Å². The van der Waals surface area contributed by atoms with Gasteiger partial charge < -0.3 is 31.7 Å². The van der Waals surface area contributed by atoms with Crippen LogP contribution in [0, 0.1) is 11.3 Å². The molecule has 0 aliphatic carbocycles. The molecule has 0 saturated carbocycles. The number of hydrogen-bond donors (Lipinski definition) is 5. The highest BCUT2D eigenvalue weighted by atomic mass is 35.5. The fourth-order valence-corrected chi connectivity index (χ4v) is 3.01. The SMILES string of the molecule is C=C1NC(N)=Nc2c1ncn2[C@@H]1OC([C@@H](C)O)C(O)[C@]1(N)C#CCl. The first-order valence-electron chi connectivity index (χ1n) is 7.10. The molecule has 1 aromatic heterocycles. The van der Waals surface area contributed by atoms with E-state index in [2.05, 4.69) is 33.2 Å². The first kappa shape index (κ1) is 16.8. The zero-order chi connectivity index (χ0) is 17.6. The number of aromatic nitrogens is 2. The van der Waals surface area contributed by atoms with Gasteiger partial charge >= 0.3 is 0 Å². The second-order valence-electron chi connectivity index (χ2n) is 5.72. The second kappa shape index (κ2) is 5.77. The van der Waals surface area contributed by atoms with Crippen molar-refractivity contribution in [3.05, 3.63) is 18.6 Å². The molecule has 3 heterocycles. The van der Waals surface area contributed by atoms with Crippen LogP contribution >= 0.6 is 11.6 Å². The summed E-state index contributed by atoms with van der Waals surface area (Å²) in [5.41, 5.74) is 11.3. The largest absolute Gasteiger partial charge is 0.391 e. The number of hydrogen-bond acceptors (Lipinski definition) is 8. The highest BCUT2D eigenvalue weighted by molar-refractivity contribution is 6.30. The van der Waals surface area contributed by atoms with E-state index in [1.165, 1.54) is 17.8 Å². The lowest BCUT2D eigenvalue weighted by Crippen LogP contribution is -2.54. The molecule has 9 nitrogen and oxygen atoms in total. The van der Waals surface area contributed by atoms with E-state index in [-0.39, 0.29) is 5.96 Å². The molecule has 2 aliphatic heterocycles. The summed E-state index contributed by atoms with van der Waals surface area (Å²) in [5.74, 6) is 3.05. The molecule has 0 amide bonds. The van der Waals surface area contributed by atoms with E-state index in [1.807, 2.05) is 0 Å². The molecule has 24 heavy (non-hydrogen) atoms. The maximum atomic E-state index is 10.5. The van der Waals surface area contributed by atoms with Gasteiger partial charge in [0, 0.05) is 5.38 Å². The molecule has 1 fully saturated rings. The summed E-state index contributed by atoms with van der Waals surface area (Å²) in [6.07, 6.45) is -2.77. The van der Waals surface area contributed by atoms with Gasteiger partial charge in [0.25, 0.3) is 0 Å². The van der Waals surface area contributed by atoms with Crippen LogP contribution in [0.2, 0.25) is 0 Å². The van der Waals surface area contributed by atoms with Gasteiger partial charge in [0.1, 0.15) is 17.9 Å². The molecule has 2 aliphatic rings. The third-order valence-electron chi connectivity index (χ3n) is 4.05. The van der Waals surface area contributed by atoms with Gasteiger partial charge in [-0.2, -0.15) is 4.99 Å². The Morgan fingerprint density at radius 3 is 2.96 bits per heavy atom. The number of nitrogens with one attached hydrogen (secondary N) is 1. The Bertz CT molecular complexity index is 779. The lowest BCUT2D eigenvalue weighted by atomic mass is 9.90. The Labute approximate surface area is 143 Å². The van der Waals surface area contributed by atoms with E-state index >= 15 is 0 Å². The summed E-state index contributed by atoms with van der Waals surface area (Å²) >= 11 is 5.51. The quantitative estimate of drug-likeness (QED) is 0.427. The van der Waals surface area contributed by atoms with Crippen LogP contribution < -0.4 is 16.8 Å². The van der Waals surface area contributed by atoms with Crippen LogP contribution in [0.4, 0.5) is 5.82 Å². The molecular formula is C14H17ClN6O3. The van der Waals surface area contributed by atoms with Gasteiger partial charge in [0.05, 0.1) is 18.1 Å². The average molecular weight is 353 g/mol. The number of aliphatic hydroxyl groups excluding tert-OH is 2. The summed E-state index contributed by atoms with van der Waals surface area (Å²) in [5, 5.41) is 25.3. The number of aliphatic imine (C=N–C) groups is 1. The van der Waals surface area contributed by atoms with Gasteiger partial charge in [0.15, 0.2) is 23.5 Å². The third-order valence-corrected chi connectivity index (χ3v) is 4.14. The maximum absolute atomic E-state index is 10.5. The predicted octanol–water partition coefficient (Wildman–Crippen LogP) is -1.06. The lowest BCUT2D eigenvalue weighted by Gasteiger charge is -2.28. The van der Waals surface area contributed by atoms with Crippen LogP contribution in [0.5, 0.6) is 0 Å². The minimum absolute atomic E-state index is 0.130. The highest BCUT2D eigenvalue weighted by Crippen LogP contribution is 2.41. The number of ether oxygens (including phenoxy) is 1. The Hall–Kier alpha value is -2.09. The van der Waals surface area contributed by atoms with Crippen molar-refractivity contribution >= 4 is 29.1 Å². The van der Waals surface area contributed by atoms with Crippen LogP contribution in [0.15, 0.2) is 17.9 Å². The smallest absolute Gasteiger partial charge is 0.199 e. The summed E-state index contributed by atoms with van der Waals surface area (Å²) in [4.78, 5) is 8.40. The summed E-state index contributed by atoms with van der Waals surface area (Å²) in [6.45, 7) is 5.30. The van der Waals surface area contributed by atoms with Crippen molar-refractivity contribution in [2.24, 2.45) is 16.5 Å². The van der Waals surface area contributed by atoms with E-state index < -0.39 is 30.1 Å². The number of halogens is 1. The molecule has 0 radical (unpaired) electrons. The Morgan fingerprint density at radius 2 is 2.33 bits per heavy atom. The van der Waals surface area contributed by atoms with Crippen LogP contribution in [-0.4, -0.2) is 49.6 Å². The molecule has 128 valence electrons. The number of rotatable bonds is 2. The van der Waals surface area contributed by atoms with Crippen LogP contribution in [-0.2, 0) is 4.74 Å². The fraction of sp³-hybridized carbons (Fsp3) is 0.429. The van der Waals surface area contributed by atoms with Crippen molar-refractivity contribution in [2.45, 2.75) is 37.0 Å². The number of nitrogens with zero attached hydrogens (tertiary/aromatic N) is 3. The van der Waals surface area contributed by atoms with E-state index in [1.54, 1.807) is 0 Å². The monoisotopic (exact) mass is 352 g/mol. The Morgan fingerprint density at radius 1 is 1.62 bits per heavy atom. The number of aliphatic hydroxyl groups is 2. The number of guanidine groups is 1. The van der Waals surface area contributed by atoms with Gasteiger partial charge in [-0.3, -0.25) is 4.57 Å². The Balaban J connectivity index is 2.12. The first-order valence-corrected chi connectivity index (χ1v) is 7.48. The molecule has 0 spiro atoms. The third kappa shape index (κ3) is 2.36. The summed E-state index contributed by atoms with van der Waals surface area (Å²) < 4.78 is 7.25. The normalized spacial score (nSPS) is 33.1. The molecule has 1 aromatic rings. The van der Waals surface area contributed by atoms with Crippen molar-refractivity contribution in [1.29, 1.82) is 0 Å². The van der Waals surface area contributed by atoms with E-state index in [4.69, 9.17) is 27.8 Å². The minimum Gasteiger partial charge on any atom is -0.391 e. The molecule has 1 saturated heterocycles. The first-order chi connectivity index (χ1) is 11.3. The van der Waals surface area contributed by atoms with Gasteiger partial charge in [-0.05, 0) is 18.5 Å². The molecule has 5 atom stereocenters. The van der Waals surface area contributed by atoms with Crippen molar-refractivity contribution in [3.63, 3.8) is 0 Å². The molecular weight excluding hydrogens is 336 g/mol. The number of fused-ring (bicyclic) bond motifs is 1. The number of imidazole rings is 1. The lowest BCUT2D eigenvalue weighted by molar-refractivity contribution is -0.0761. The van der Waals surface area contributed by atoms with Crippen LogP contribution in [0.25, 0.3) is 5.70 Å². The van der Waals surface area contributed by atoms with Gasteiger partial charge in [-0.15, -0.1) is 0 Å². The van der Waals surface area contributed by atoms with E-state index in [9.17, 15) is 10.2 Å². The Kier molecular flexibility index (Phi) is 4.03. The van der Waals surface area contributed by atoms with E-state index in [0.717, 1.165) is 0 Å². The maximum Gasteiger partial charge on any atom is 0.199 e. The summed E-state index contributed by atoms with van der Waals surface area (Å²) in [7, 11) is 0. The van der Waals surface area contributed by atoms with Gasteiger partial charge in [0.2, 0.25) is 0 Å². The van der Waals surface area contributed by atoms with Crippen molar-refractivity contribution < 1.29 is 14.9 Å². The fourth-order valence-electron chi connectivity index (χ4n) is 2.85. The molecule has 7 N–H and O–H groups in total. The molecule has 0 aromatic carbocycles. The van der Waals surface area contributed by atoms with E-state index in [0.29, 0.717) is 17.2 Å². The molecule has 3 rings (SSSR count). The number of nitrogens with two attached hydrogens (primary N) is 2. The zero-order valence-electron chi connectivity index (χ0n) is 12.8. The van der Waals surface area contributed by atoms with Gasteiger partial charge in [-0.25, -0.2) is 4.98 Å². The van der Waals surface area contributed by atoms with Crippen molar-refractivity contribution in [3.8, 4) is 11.3 Å². The second-order valence-corrected chi connectivity index (χ2v) is 5.90. The standard InChI is InChI=1S/C14H17ClN6O3/c1-6-8-11(20-13(16)19-6)21(5-18-8)12-14(17,3-4-15)10(23)9(24-12)7(2)22/h5,7,9-10,12,22-23H,1,17H2,2H3,(H3,16,19,20)/t7-,9?,10?,12-,14-/m1/s1. The average Bonchev–Trinajstić information content (AvgIpc) is 3.00. The summed E-state index contributed by atoms with van der Waals surface area (Å²) in [6, 6.07) is 0. The highest BCUT2D eigenvalue weighted by Gasteiger charge is 2.56. The molecule has 0 bridgehead atoms. The topological polar surface area (TPSA) is 144 Å². The van der Waals surface area contributed by atoms with Crippen molar-refractivity contribution in [1.82, 2.24) is 14.9 Å². The van der Waals surface area contributed by atoms with Crippen LogP contribution in [0.3, 0.4) is 0 Å². The molecule has 2 unspecified atom stereocenters.